The van der Waals surface area contributed by atoms with E-state index in [2.05, 4.69) is 30.7 Å². The second-order valence-electron chi connectivity index (χ2n) is 12.7. The lowest BCUT2D eigenvalue weighted by Gasteiger charge is -2.11. The molecule has 0 saturated heterocycles. The fraction of sp³-hybridized carbons (Fsp3) is 0.0526. The number of hydrogen-bond acceptors (Lipinski definition) is 18. The van der Waals surface area contributed by atoms with E-state index in [-0.39, 0.29) is 61.9 Å². The molecule has 0 atom stereocenters. The first kappa shape index (κ1) is 45.0. The van der Waals surface area contributed by atoms with E-state index in [9.17, 15) is 59.2 Å². The zero-order valence-electron chi connectivity index (χ0n) is 32.1. The van der Waals surface area contributed by atoms with Crippen molar-refractivity contribution in [3.63, 3.8) is 0 Å². The number of aromatic hydroxyl groups is 2. The molecule has 5 N–H and O–H groups in total. The first-order valence-electron chi connectivity index (χ1n) is 17.3. The van der Waals surface area contributed by atoms with Crippen molar-refractivity contribution < 1.29 is 63.5 Å². The van der Waals surface area contributed by atoms with E-state index >= 15 is 0 Å². The second-order valence-corrected chi connectivity index (χ2v) is 16.9. The third-order valence-corrected chi connectivity index (χ3v) is 11.3. The minimum absolute atomic E-state index is 0.0208. The Morgan fingerprint density at radius 2 is 1.03 bits per heavy atom. The highest BCUT2D eigenvalue weighted by atomic mass is 32.2. The summed E-state index contributed by atoms with van der Waals surface area (Å²) in [5, 5.41) is 56.3. The summed E-state index contributed by atoms with van der Waals surface area (Å²) in [6, 6.07) is 19.7. The van der Waals surface area contributed by atoms with Crippen molar-refractivity contribution in [1.82, 2.24) is 0 Å². The minimum Gasteiger partial charge on any atom is -0.508 e. The molecular formula is C38H29N7O15S3. The Morgan fingerprint density at radius 1 is 0.556 bits per heavy atom. The number of phenols is 2. The van der Waals surface area contributed by atoms with E-state index in [0.29, 0.717) is 11.8 Å². The van der Waals surface area contributed by atoms with E-state index in [1.54, 1.807) is 0 Å². The van der Waals surface area contributed by atoms with Crippen LogP contribution in [-0.4, -0.2) is 68.3 Å². The summed E-state index contributed by atoms with van der Waals surface area (Å²) in [7, 11) is -12.4. The number of benzene rings is 6. The average Bonchev–Trinajstić information content (AvgIpc) is 3.23. The van der Waals surface area contributed by atoms with Gasteiger partial charge in [-0.25, -0.2) is 0 Å². The molecule has 0 saturated carbocycles. The molecule has 0 bridgehead atoms. The van der Waals surface area contributed by atoms with Crippen LogP contribution in [0.2, 0.25) is 0 Å². The van der Waals surface area contributed by atoms with Crippen molar-refractivity contribution in [1.29, 1.82) is 0 Å². The highest BCUT2D eigenvalue weighted by Crippen LogP contribution is 2.45. The first-order valence-corrected chi connectivity index (χ1v) is 21.6. The van der Waals surface area contributed by atoms with E-state index < -0.39 is 67.1 Å². The zero-order valence-corrected chi connectivity index (χ0v) is 34.5. The lowest BCUT2D eigenvalue weighted by Crippen LogP contribution is -2.02. The van der Waals surface area contributed by atoms with Gasteiger partial charge in [-0.1, -0.05) is 18.2 Å². The van der Waals surface area contributed by atoms with Crippen molar-refractivity contribution in [2.24, 2.45) is 30.7 Å². The summed E-state index contributed by atoms with van der Waals surface area (Å²) >= 11 is 0. The fourth-order valence-corrected chi connectivity index (χ4v) is 7.76. The van der Waals surface area contributed by atoms with Gasteiger partial charge in [0.25, 0.3) is 36.0 Å². The third-order valence-electron chi connectivity index (χ3n) is 8.66. The number of nitro groups is 1. The number of rotatable bonds is 14. The summed E-state index contributed by atoms with van der Waals surface area (Å²) < 4.78 is 114. The van der Waals surface area contributed by atoms with Crippen LogP contribution in [0.1, 0.15) is 11.1 Å². The highest BCUT2D eigenvalue weighted by molar-refractivity contribution is 7.86. The molecule has 0 amide bonds. The third kappa shape index (κ3) is 10.5. The predicted octanol–water partition coefficient (Wildman–Crippen LogP) is 9.33. The molecule has 6 aromatic carbocycles. The zero-order chi connectivity index (χ0) is 45.9. The Kier molecular flexibility index (Phi) is 12.7. The topological polar surface area (TPSA) is 339 Å². The molecule has 0 radical (unpaired) electrons. The van der Waals surface area contributed by atoms with E-state index in [1.807, 2.05) is 0 Å². The minimum atomic E-state index is -5.02. The van der Waals surface area contributed by atoms with Gasteiger partial charge in [0.2, 0.25) is 0 Å². The molecule has 63 heavy (non-hydrogen) atoms. The SMILES string of the molecule is COc1cc(N=Nc2c(S(=O)(=O)O)cc3cc(N=Nc4ccc(O)cc4)ccc3c2O)c(OC)cc1N=Nc1ccc(/C=C/c2ccc([N+](=O)[O-])cc2S(=O)(=O)O)c(S(=O)(=O)O)c1. The predicted molar refractivity (Wildman–Crippen MR) is 224 cm³/mol. The fourth-order valence-electron chi connectivity index (χ4n) is 5.69. The Bertz CT molecular complexity index is 3290. The molecule has 0 heterocycles. The van der Waals surface area contributed by atoms with Crippen molar-refractivity contribution in [2.45, 2.75) is 14.7 Å². The lowest BCUT2D eigenvalue weighted by molar-refractivity contribution is -0.385. The summed E-state index contributed by atoms with van der Waals surface area (Å²) in [6.45, 7) is 0. The number of non-ortho nitro benzene ring substituents is 1. The van der Waals surface area contributed by atoms with Gasteiger partial charge >= 0.3 is 0 Å². The summed E-state index contributed by atoms with van der Waals surface area (Å²) in [4.78, 5) is 7.91. The first-order chi connectivity index (χ1) is 29.7. The molecule has 0 fully saturated rings. The van der Waals surface area contributed by atoms with Gasteiger partial charge in [-0.15, -0.1) is 15.3 Å². The number of azo groups is 3. The van der Waals surface area contributed by atoms with Gasteiger partial charge in [-0.05, 0) is 83.2 Å². The number of phenolic OH excluding ortho intramolecular Hbond substituents is 2. The number of methoxy groups -OCH3 is 2. The molecule has 6 aromatic rings. The molecule has 0 spiro atoms. The molecule has 6 rings (SSSR count). The molecule has 0 unspecified atom stereocenters. The molecular weight excluding hydrogens is 891 g/mol. The highest BCUT2D eigenvalue weighted by Gasteiger charge is 2.24. The average molecular weight is 920 g/mol. The van der Waals surface area contributed by atoms with Crippen LogP contribution in [-0.2, 0) is 30.4 Å². The number of fused-ring (bicyclic) bond motifs is 1. The Labute approximate surface area is 356 Å². The standard InChI is InChI=1S/C38H29N7O15S3/c1-59-32-20-31(43-44-37-36(63(56,57)58)16-23-15-25(10-14-29(23)38(37)47)40-39-24-8-12-28(46)13-9-24)33(60-2)19-30(32)42-41-26-7-5-21(34(17-26)61(50,51)52)3-4-22-6-11-27(45(48)49)18-35(22)62(53,54)55/h3-20,46-47H,1-2H3,(H,50,51,52)(H,53,54,55)(H,56,57,58)/b4-3+,40-39?,42-41?,44-43?. The monoisotopic (exact) mass is 919 g/mol. The normalized spacial score (nSPS) is 12.6. The molecule has 25 heteroatoms. The maximum atomic E-state index is 12.5. The lowest BCUT2D eigenvalue weighted by atomic mass is 10.1. The van der Waals surface area contributed by atoms with Crippen LogP contribution in [0.3, 0.4) is 0 Å². The van der Waals surface area contributed by atoms with Gasteiger partial charge in [0.15, 0.2) is 5.75 Å². The summed E-state index contributed by atoms with van der Waals surface area (Å²) in [5.74, 6) is -0.698. The Balaban J connectivity index is 1.32. The number of nitro benzene ring substituents is 1. The van der Waals surface area contributed by atoms with Crippen LogP contribution in [0.15, 0.2) is 142 Å². The van der Waals surface area contributed by atoms with E-state index in [4.69, 9.17) is 9.47 Å². The van der Waals surface area contributed by atoms with Crippen molar-refractivity contribution >= 4 is 93.1 Å². The number of nitrogens with zero attached hydrogens (tertiary/aromatic N) is 7. The molecule has 0 aromatic heterocycles. The summed E-state index contributed by atoms with van der Waals surface area (Å²) in [5.41, 5.74) is -1.27. The van der Waals surface area contributed by atoms with Crippen molar-refractivity contribution in [3.8, 4) is 23.0 Å². The van der Waals surface area contributed by atoms with Gasteiger partial charge in [0.05, 0.1) is 36.2 Å². The molecule has 0 aliphatic carbocycles. The second kappa shape index (κ2) is 17.8. The van der Waals surface area contributed by atoms with Gasteiger partial charge in [-0.2, -0.15) is 40.6 Å². The van der Waals surface area contributed by atoms with Crippen LogP contribution >= 0.6 is 0 Å². The van der Waals surface area contributed by atoms with Crippen LogP contribution in [0.25, 0.3) is 22.9 Å². The maximum Gasteiger partial charge on any atom is 0.296 e. The van der Waals surface area contributed by atoms with E-state index in [1.165, 1.54) is 80.9 Å². The molecule has 0 aliphatic heterocycles. The molecule has 324 valence electrons. The van der Waals surface area contributed by atoms with Crippen LogP contribution in [0.5, 0.6) is 23.0 Å². The maximum absolute atomic E-state index is 12.5. The quantitative estimate of drug-likeness (QED) is 0.0223. The van der Waals surface area contributed by atoms with Gasteiger partial charge < -0.3 is 19.7 Å². The van der Waals surface area contributed by atoms with Crippen molar-refractivity contribution in [3.05, 3.63) is 118 Å². The van der Waals surface area contributed by atoms with Gasteiger partial charge in [-0.3, -0.25) is 23.8 Å². The summed E-state index contributed by atoms with van der Waals surface area (Å²) in [6.07, 6.45) is 2.12. The van der Waals surface area contributed by atoms with E-state index in [0.717, 1.165) is 36.4 Å². The molecule has 22 nitrogen and oxygen atoms in total. The Morgan fingerprint density at radius 3 is 1.59 bits per heavy atom. The Hall–Kier alpha value is -7.55. The van der Waals surface area contributed by atoms with Crippen molar-refractivity contribution in [2.75, 3.05) is 14.2 Å². The van der Waals surface area contributed by atoms with Gasteiger partial charge in [0.1, 0.15) is 49.0 Å². The van der Waals surface area contributed by atoms with Crippen LogP contribution < -0.4 is 9.47 Å². The number of hydrogen-bond donors (Lipinski definition) is 5. The number of ether oxygens (including phenoxy) is 2. The van der Waals surface area contributed by atoms with Crippen LogP contribution in [0, 0.1) is 10.1 Å². The van der Waals surface area contributed by atoms with Gasteiger partial charge in [0, 0.05) is 29.7 Å². The van der Waals surface area contributed by atoms with Crippen LogP contribution in [0.4, 0.5) is 39.8 Å². The molecule has 0 aliphatic rings. The largest absolute Gasteiger partial charge is 0.508 e. The smallest absolute Gasteiger partial charge is 0.296 e.